The van der Waals surface area contributed by atoms with Gasteiger partial charge in [-0.05, 0) is 72.5 Å². The van der Waals surface area contributed by atoms with Crippen LogP contribution in [0.4, 0.5) is 5.13 Å². The normalized spacial score (nSPS) is 15.7. The van der Waals surface area contributed by atoms with Crippen molar-refractivity contribution in [3.63, 3.8) is 0 Å². The first-order chi connectivity index (χ1) is 22.4. The van der Waals surface area contributed by atoms with Crippen LogP contribution in [0, 0.1) is 6.92 Å². The van der Waals surface area contributed by atoms with Crippen LogP contribution in [0.3, 0.4) is 0 Å². The third-order valence-corrected chi connectivity index (χ3v) is 9.67. The molecule has 10 heteroatoms. The zero-order valence-electron chi connectivity index (χ0n) is 25.3. The first-order valence-electron chi connectivity index (χ1n) is 14.7. The molecule has 0 radical (unpaired) electrons. The summed E-state index contributed by atoms with van der Waals surface area (Å²) in [6.45, 7) is 4.82. The second-order valence-electron chi connectivity index (χ2n) is 10.5. The number of Topliss-reactive ketones (excluding diaryl/α,β-unsaturated/α-hetero) is 1. The fourth-order valence-corrected chi connectivity index (χ4v) is 6.96. The number of anilines is 1. The predicted octanol–water partition coefficient (Wildman–Crippen LogP) is 7.74. The number of hydrogen-bond donors (Lipinski definition) is 1. The third-order valence-electron chi connectivity index (χ3n) is 7.54. The molecule has 0 bridgehead atoms. The molecule has 1 unspecified atom stereocenters. The number of thioether (sulfide) groups is 1. The number of amides is 1. The number of ketones is 1. The summed E-state index contributed by atoms with van der Waals surface area (Å²) in [5.74, 6) is 0.0757. The number of ether oxygens (including phenoxy) is 2. The van der Waals surface area contributed by atoms with Crippen molar-refractivity contribution in [2.75, 3.05) is 11.5 Å². The number of nitrogens with zero attached hydrogens (tertiary/aromatic N) is 3. The second-order valence-corrected chi connectivity index (χ2v) is 12.7. The minimum absolute atomic E-state index is 0.0311. The molecular weight excluding hydrogens is 619 g/mol. The van der Waals surface area contributed by atoms with E-state index >= 15 is 0 Å². The number of hydrogen-bond acceptors (Lipinski definition) is 9. The van der Waals surface area contributed by atoms with Gasteiger partial charge in [0, 0.05) is 11.3 Å². The number of aromatic nitrogens is 2. The Hall–Kier alpha value is -4.93. The van der Waals surface area contributed by atoms with Gasteiger partial charge in [-0.25, -0.2) is 0 Å². The Balaban J connectivity index is 1.31. The molecule has 0 spiro atoms. The number of benzene rings is 4. The number of rotatable bonds is 11. The Morgan fingerprint density at radius 2 is 1.54 bits per heavy atom. The van der Waals surface area contributed by atoms with Crippen LogP contribution >= 0.6 is 23.1 Å². The Bertz CT molecular complexity index is 1870. The lowest BCUT2D eigenvalue weighted by molar-refractivity contribution is -0.132. The maximum atomic E-state index is 13.6. The van der Waals surface area contributed by atoms with Crippen molar-refractivity contribution in [3.05, 3.63) is 137 Å². The number of aryl methyl sites for hydroxylation is 1. The molecule has 1 N–H and O–H groups in total. The van der Waals surface area contributed by atoms with Gasteiger partial charge in [-0.15, -0.1) is 10.2 Å². The van der Waals surface area contributed by atoms with Crippen LogP contribution in [-0.4, -0.2) is 33.6 Å². The average molecular weight is 650 g/mol. The highest BCUT2D eigenvalue weighted by Gasteiger charge is 2.48. The summed E-state index contributed by atoms with van der Waals surface area (Å²) in [6.07, 6.45) is 0. The van der Waals surface area contributed by atoms with Gasteiger partial charge in [0.15, 0.2) is 4.34 Å². The van der Waals surface area contributed by atoms with Crippen LogP contribution in [-0.2, 0) is 21.9 Å². The largest absolute Gasteiger partial charge is 0.507 e. The Morgan fingerprint density at radius 3 is 2.26 bits per heavy atom. The van der Waals surface area contributed by atoms with Gasteiger partial charge in [0.1, 0.15) is 23.9 Å². The number of aliphatic hydroxyl groups is 1. The van der Waals surface area contributed by atoms with Gasteiger partial charge in [0.2, 0.25) is 5.13 Å². The molecule has 2 heterocycles. The van der Waals surface area contributed by atoms with Crippen LogP contribution in [0.2, 0.25) is 0 Å². The van der Waals surface area contributed by atoms with E-state index in [2.05, 4.69) is 10.2 Å². The molecule has 46 heavy (non-hydrogen) atoms. The van der Waals surface area contributed by atoms with E-state index in [1.165, 1.54) is 28.0 Å². The predicted molar refractivity (Wildman–Crippen MR) is 180 cm³/mol. The maximum Gasteiger partial charge on any atom is 0.301 e. The second kappa shape index (κ2) is 14.0. The maximum absolute atomic E-state index is 13.6. The molecule has 1 amide bonds. The molecule has 1 aromatic heterocycles. The van der Waals surface area contributed by atoms with E-state index in [9.17, 15) is 14.7 Å². The van der Waals surface area contributed by atoms with Crippen LogP contribution in [0.25, 0.3) is 5.76 Å². The highest BCUT2D eigenvalue weighted by atomic mass is 32.2. The summed E-state index contributed by atoms with van der Waals surface area (Å²) in [4.78, 5) is 28.6. The van der Waals surface area contributed by atoms with E-state index in [0.29, 0.717) is 45.9 Å². The van der Waals surface area contributed by atoms with Crippen LogP contribution in [0.5, 0.6) is 11.5 Å². The number of aliphatic hydroxyl groups excluding tert-OH is 1. The molecule has 1 fully saturated rings. The van der Waals surface area contributed by atoms with Crippen molar-refractivity contribution in [2.24, 2.45) is 0 Å². The van der Waals surface area contributed by atoms with Gasteiger partial charge < -0.3 is 14.6 Å². The molecule has 1 aliphatic rings. The average Bonchev–Trinajstić information content (AvgIpc) is 3.66. The van der Waals surface area contributed by atoms with E-state index < -0.39 is 17.7 Å². The zero-order valence-corrected chi connectivity index (χ0v) is 26.9. The van der Waals surface area contributed by atoms with Crippen molar-refractivity contribution >= 4 is 45.7 Å². The summed E-state index contributed by atoms with van der Waals surface area (Å²) in [5, 5.41) is 20.4. The smallest absolute Gasteiger partial charge is 0.301 e. The van der Waals surface area contributed by atoms with Crippen LogP contribution < -0.4 is 14.4 Å². The summed E-state index contributed by atoms with van der Waals surface area (Å²) in [5.41, 5.74) is 4.31. The van der Waals surface area contributed by atoms with E-state index in [4.69, 9.17) is 9.47 Å². The van der Waals surface area contributed by atoms with Gasteiger partial charge in [-0.3, -0.25) is 14.5 Å². The topological polar surface area (TPSA) is 102 Å². The van der Waals surface area contributed by atoms with E-state index in [0.717, 1.165) is 16.7 Å². The summed E-state index contributed by atoms with van der Waals surface area (Å²) >= 11 is 2.73. The monoisotopic (exact) mass is 649 g/mol. The fraction of sp³-hybridized carbons (Fsp3) is 0.167. The number of carbonyl (C=O) groups excluding carboxylic acids is 2. The van der Waals surface area contributed by atoms with E-state index in [1.54, 1.807) is 48.5 Å². The minimum Gasteiger partial charge on any atom is -0.507 e. The van der Waals surface area contributed by atoms with Crippen molar-refractivity contribution in [1.82, 2.24) is 10.2 Å². The van der Waals surface area contributed by atoms with Crippen molar-refractivity contribution in [2.45, 2.75) is 36.6 Å². The van der Waals surface area contributed by atoms with Crippen molar-refractivity contribution < 1.29 is 24.2 Å². The van der Waals surface area contributed by atoms with Crippen molar-refractivity contribution in [3.8, 4) is 11.5 Å². The highest BCUT2D eigenvalue weighted by Crippen LogP contribution is 2.44. The van der Waals surface area contributed by atoms with E-state index in [1.807, 2.05) is 68.4 Å². The SMILES string of the molecule is CCOc1ccc(C2/C(=C(\O)c3ccc(OCc4ccccc4C)cc3)C(=O)C(=O)N2c2nnc(SCc3ccccc3)s2)cc1. The summed E-state index contributed by atoms with van der Waals surface area (Å²) in [6, 6.07) is 31.0. The van der Waals surface area contributed by atoms with Crippen LogP contribution in [0.15, 0.2) is 113 Å². The fourth-order valence-electron chi connectivity index (χ4n) is 5.13. The van der Waals surface area contributed by atoms with Crippen LogP contribution in [0.1, 0.15) is 40.8 Å². The molecule has 0 aliphatic carbocycles. The first kappa shape index (κ1) is 31.1. The lowest BCUT2D eigenvalue weighted by Crippen LogP contribution is -2.29. The Kier molecular flexibility index (Phi) is 9.46. The van der Waals surface area contributed by atoms with Gasteiger partial charge in [-0.1, -0.05) is 89.8 Å². The number of carbonyl (C=O) groups is 2. The molecule has 6 rings (SSSR count). The Labute approximate surface area is 275 Å². The third kappa shape index (κ3) is 6.68. The summed E-state index contributed by atoms with van der Waals surface area (Å²) < 4.78 is 12.2. The lowest BCUT2D eigenvalue weighted by atomic mass is 9.95. The lowest BCUT2D eigenvalue weighted by Gasteiger charge is -2.22. The molecule has 8 nitrogen and oxygen atoms in total. The van der Waals surface area contributed by atoms with Gasteiger partial charge in [-0.2, -0.15) is 0 Å². The summed E-state index contributed by atoms with van der Waals surface area (Å²) in [7, 11) is 0. The molecule has 4 aromatic carbocycles. The molecular formula is C36H31N3O5S2. The van der Waals surface area contributed by atoms with Gasteiger partial charge >= 0.3 is 5.91 Å². The van der Waals surface area contributed by atoms with Gasteiger partial charge in [0.05, 0.1) is 18.2 Å². The van der Waals surface area contributed by atoms with Gasteiger partial charge in [0.25, 0.3) is 5.78 Å². The molecule has 5 aromatic rings. The quantitative estimate of drug-likeness (QED) is 0.0510. The first-order valence-corrected chi connectivity index (χ1v) is 16.5. The molecule has 232 valence electrons. The molecule has 0 saturated carbocycles. The molecule has 1 aliphatic heterocycles. The molecule has 1 atom stereocenters. The zero-order chi connectivity index (χ0) is 32.0. The highest BCUT2D eigenvalue weighted by molar-refractivity contribution is 8.00. The van der Waals surface area contributed by atoms with E-state index in [-0.39, 0.29) is 16.5 Å². The van der Waals surface area contributed by atoms with Crippen molar-refractivity contribution in [1.29, 1.82) is 0 Å². The molecule has 1 saturated heterocycles. The standard InChI is InChI=1S/C36H31N3O5S2/c1-3-43-28-17-13-25(14-18-28)31-30(32(40)26-15-19-29(20-16-26)44-21-27-12-8-7-9-23(27)2)33(41)34(42)39(31)35-37-38-36(46-35)45-22-24-10-5-4-6-11-24/h4-20,31,40H,3,21-22H2,1-2H3/b32-30+. The Morgan fingerprint density at radius 1 is 0.870 bits per heavy atom. The minimum atomic E-state index is -0.924.